The first-order valence-corrected chi connectivity index (χ1v) is 19.3. The molecule has 7 heterocycles. The summed E-state index contributed by atoms with van der Waals surface area (Å²) in [6.07, 6.45) is 13.1. The zero-order valence-corrected chi connectivity index (χ0v) is 33.0. The molecule has 64 heavy (non-hydrogen) atoms. The van der Waals surface area contributed by atoms with Crippen LogP contribution >= 0.6 is 0 Å². The van der Waals surface area contributed by atoms with Crippen molar-refractivity contribution < 1.29 is 32.1 Å². The molecule has 0 radical (unpaired) electrons. The molecule has 0 aliphatic heterocycles. The van der Waals surface area contributed by atoms with Crippen LogP contribution in [0.3, 0.4) is 0 Å². The molecule has 4 aromatic carbocycles. The molecule has 0 unspecified atom stereocenters. The minimum Gasteiger partial charge on any atom is -0.432 e. The molecule has 0 aliphatic carbocycles. The highest BCUT2D eigenvalue weighted by Crippen LogP contribution is 2.37. The normalized spacial score (nSPS) is 11.1. The number of oxazole rings is 2. The number of benzene rings is 4. The van der Waals surface area contributed by atoms with Crippen LogP contribution in [0.4, 0.5) is 18.9 Å². The fourth-order valence-electron chi connectivity index (χ4n) is 6.97. The fourth-order valence-corrected chi connectivity index (χ4v) is 6.97. The number of nitro groups is 1. The minimum atomic E-state index is -0.953. The highest BCUT2D eigenvalue weighted by atomic mass is 19.1. The van der Waals surface area contributed by atoms with Gasteiger partial charge in [-0.25, -0.2) is 13.8 Å². The van der Waals surface area contributed by atoms with E-state index in [1.54, 1.807) is 90.3 Å². The van der Waals surface area contributed by atoms with E-state index in [1.165, 1.54) is 36.6 Å². The summed E-state index contributed by atoms with van der Waals surface area (Å²) < 4.78 is 55.9. The number of nitrogens with two attached hydrogens (primary N) is 1. The second-order valence-corrected chi connectivity index (χ2v) is 13.9. The number of hydrogen-bond donors (Lipinski definition) is 2. The van der Waals surface area contributed by atoms with Gasteiger partial charge in [0.1, 0.15) is 41.1 Å². The summed E-state index contributed by atoms with van der Waals surface area (Å²) in [5.74, 6) is -0.532. The maximum atomic E-state index is 14.1. The van der Waals surface area contributed by atoms with Crippen LogP contribution in [0, 0.1) is 27.6 Å². The Morgan fingerprint density at radius 3 is 1.62 bits per heavy atom. The monoisotopic (exact) mass is 860 g/mol. The molecule has 0 saturated carbocycles. The van der Waals surface area contributed by atoms with Gasteiger partial charge in [0, 0.05) is 77.6 Å². The van der Waals surface area contributed by atoms with E-state index in [1.807, 2.05) is 28.7 Å². The lowest BCUT2D eigenvalue weighted by atomic mass is 10.0. The van der Waals surface area contributed by atoms with Crippen molar-refractivity contribution in [1.29, 1.82) is 0 Å². The predicted octanol–water partition coefficient (Wildman–Crippen LogP) is 10.0. The van der Waals surface area contributed by atoms with Crippen molar-refractivity contribution in [2.24, 2.45) is 5.73 Å². The topological polar surface area (TPSA) is 194 Å². The van der Waals surface area contributed by atoms with Crippen molar-refractivity contribution in [3.63, 3.8) is 0 Å². The first-order valence-electron chi connectivity index (χ1n) is 19.3. The Bertz CT molecular complexity index is 3400. The number of rotatable bonds is 7. The summed E-state index contributed by atoms with van der Waals surface area (Å²) in [5.41, 5.74) is 12.8. The van der Waals surface area contributed by atoms with E-state index in [0.717, 1.165) is 44.8 Å². The second kappa shape index (κ2) is 17.2. The highest BCUT2D eigenvalue weighted by Gasteiger charge is 2.23. The highest BCUT2D eigenvalue weighted by molar-refractivity contribution is 5.89. The first-order chi connectivity index (χ1) is 31.2. The Morgan fingerprint density at radius 1 is 0.625 bits per heavy atom. The number of nitro benzene ring substituents is 1. The molecule has 0 saturated heterocycles. The smallest absolute Gasteiger partial charge is 0.306 e. The molecule has 18 heteroatoms. The average molecular weight is 861 g/mol. The van der Waals surface area contributed by atoms with Gasteiger partial charge in [0.25, 0.3) is 0 Å². The number of hydrogen-bond acceptors (Lipinski definition) is 11. The number of imidazole rings is 3. The fraction of sp³-hybridized carbons (Fsp3) is 0.0217. The van der Waals surface area contributed by atoms with Crippen LogP contribution < -0.4 is 5.73 Å². The van der Waals surface area contributed by atoms with Gasteiger partial charge in [-0.1, -0.05) is 6.07 Å². The van der Waals surface area contributed by atoms with Crippen LogP contribution in [0.15, 0.2) is 168 Å². The molecule has 11 rings (SSSR count). The van der Waals surface area contributed by atoms with Crippen molar-refractivity contribution in [2.45, 2.75) is 6.54 Å². The van der Waals surface area contributed by atoms with Gasteiger partial charge in [0.15, 0.2) is 5.82 Å². The number of halogens is 3. The van der Waals surface area contributed by atoms with Crippen molar-refractivity contribution >= 4 is 28.4 Å². The molecule has 0 aliphatic rings. The summed E-state index contributed by atoms with van der Waals surface area (Å²) in [7, 11) is 0. The Balaban J connectivity index is 0.000000141. The predicted molar refractivity (Wildman–Crippen MR) is 229 cm³/mol. The number of aromatic nitrogens is 8. The average Bonchev–Trinajstić information content (AvgIpc) is 4.16. The molecule has 316 valence electrons. The van der Waals surface area contributed by atoms with Gasteiger partial charge in [0.05, 0.1) is 21.8 Å². The molecule has 0 fully saturated rings. The quantitative estimate of drug-likeness (QED) is 0.0880. The number of fused-ring (bicyclic) bond motifs is 3. The van der Waals surface area contributed by atoms with E-state index in [9.17, 15) is 28.5 Å². The van der Waals surface area contributed by atoms with E-state index in [-0.39, 0.29) is 11.7 Å². The molecular formula is C46H31F3N10O5. The molecule has 7 aromatic heterocycles. The second-order valence-electron chi connectivity index (χ2n) is 13.9. The third kappa shape index (κ3) is 7.90. The summed E-state index contributed by atoms with van der Waals surface area (Å²) in [5, 5.41) is 21.4. The van der Waals surface area contributed by atoms with Crippen LogP contribution in [0.25, 0.3) is 79.1 Å². The van der Waals surface area contributed by atoms with Gasteiger partial charge < -0.3 is 19.8 Å². The van der Waals surface area contributed by atoms with Crippen LogP contribution in [0.2, 0.25) is 0 Å². The lowest BCUT2D eigenvalue weighted by molar-refractivity contribution is -0.387. The summed E-state index contributed by atoms with van der Waals surface area (Å²) >= 11 is 0. The van der Waals surface area contributed by atoms with Crippen molar-refractivity contribution in [3.8, 4) is 56.4 Å². The SMILES string of the molecule is NCc1ccncc1.O=[N+]([O-])c1ccc(-c2c(-c3ccc(F)cc3)nc3occn23)cc1F.On1c(-c2ccncc2)nc2cc(-c3c(-c4ccc(F)cc4)nc4occn34)ccc21. The van der Waals surface area contributed by atoms with E-state index in [4.69, 9.17) is 14.6 Å². The van der Waals surface area contributed by atoms with Gasteiger partial charge in [-0.2, -0.15) is 19.1 Å². The maximum Gasteiger partial charge on any atom is 0.306 e. The Kier molecular flexibility index (Phi) is 10.9. The Morgan fingerprint density at radius 2 is 1.12 bits per heavy atom. The first kappa shape index (κ1) is 40.5. The molecule has 3 N–H and O–H groups in total. The molecule has 0 amide bonds. The molecule has 11 aromatic rings. The number of pyridine rings is 2. The minimum absolute atomic E-state index is 0.271. The molecule has 0 atom stereocenters. The van der Waals surface area contributed by atoms with E-state index < -0.39 is 22.2 Å². The third-order valence-electron chi connectivity index (χ3n) is 10.0. The van der Waals surface area contributed by atoms with E-state index in [0.29, 0.717) is 57.5 Å². The number of nitrogens with zero attached hydrogens (tertiary/aromatic N) is 9. The van der Waals surface area contributed by atoms with Crippen LogP contribution in [-0.4, -0.2) is 48.6 Å². The lowest BCUT2D eigenvalue weighted by Gasteiger charge is -2.05. The van der Waals surface area contributed by atoms with Crippen molar-refractivity contribution in [2.75, 3.05) is 0 Å². The summed E-state index contributed by atoms with van der Waals surface area (Å²) in [6.45, 7) is 0.600. The zero-order valence-electron chi connectivity index (χ0n) is 33.0. The van der Waals surface area contributed by atoms with Crippen molar-refractivity contribution in [3.05, 3.63) is 192 Å². The zero-order chi connectivity index (χ0) is 44.3. The van der Waals surface area contributed by atoms with Gasteiger partial charge in [-0.3, -0.25) is 28.9 Å². The van der Waals surface area contributed by atoms with Crippen LogP contribution in [-0.2, 0) is 6.54 Å². The molecule has 0 spiro atoms. The van der Waals surface area contributed by atoms with Gasteiger partial charge in [-0.15, -0.1) is 0 Å². The van der Waals surface area contributed by atoms with Gasteiger partial charge in [-0.05, 0) is 103 Å². The van der Waals surface area contributed by atoms with Crippen molar-refractivity contribution in [1.82, 2.24) is 38.5 Å². The third-order valence-corrected chi connectivity index (χ3v) is 10.0. The largest absolute Gasteiger partial charge is 0.432 e. The maximum absolute atomic E-state index is 14.1. The van der Waals surface area contributed by atoms with Gasteiger partial charge >= 0.3 is 17.4 Å². The van der Waals surface area contributed by atoms with Crippen LogP contribution in [0.1, 0.15) is 5.56 Å². The molecule has 15 nitrogen and oxygen atoms in total. The lowest BCUT2D eigenvalue weighted by Crippen LogP contribution is -1.94. The Hall–Kier alpha value is -8.90. The molecular weight excluding hydrogens is 830 g/mol. The summed E-state index contributed by atoms with van der Waals surface area (Å²) in [6, 6.07) is 28.4. The van der Waals surface area contributed by atoms with Crippen LogP contribution in [0.5, 0.6) is 0 Å². The van der Waals surface area contributed by atoms with E-state index in [2.05, 4.69) is 24.9 Å². The summed E-state index contributed by atoms with van der Waals surface area (Å²) in [4.78, 5) is 31.4. The molecule has 0 bridgehead atoms. The Labute approximate surface area is 358 Å². The van der Waals surface area contributed by atoms with Gasteiger partial charge in [0.2, 0.25) is 5.82 Å². The van der Waals surface area contributed by atoms with E-state index >= 15 is 0 Å². The standard InChI is InChI=1S/C23H14FN5O2.C17H9F2N3O3.C6H8N2/c24-17-4-1-14(2-5-17)20-21(28-11-12-31-23(28)27-20)16-3-6-19-18(13-16)26-22(29(19)30)15-7-9-25-10-8-15;18-12-4-1-10(2-5-12)15-16(21-7-8-25-17(21)20-15)11-3-6-14(22(23)24)13(19)9-11;7-5-6-1-3-8-4-2-6/h1-13,30H;1-9H;1-4H,5,7H2.